The van der Waals surface area contributed by atoms with Crippen LogP contribution in [0.5, 0.6) is 0 Å². The minimum atomic E-state index is -0.683. The summed E-state index contributed by atoms with van der Waals surface area (Å²) < 4.78 is 0. The number of nitro groups is 1. The SMILES string of the molecule is CCCc1cc(C#N)c([N+](=O)[O-])c(Cl)c1CC#N. The molecule has 0 aliphatic rings. The number of halogens is 1. The van der Waals surface area contributed by atoms with Gasteiger partial charge in [-0.2, -0.15) is 10.5 Å². The maximum absolute atomic E-state index is 10.9. The van der Waals surface area contributed by atoms with Crippen molar-refractivity contribution in [2.24, 2.45) is 0 Å². The molecule has 5 nitrogen and oxygen atoms in total. The average molecular weight is 264 g/mol. The zero-order chi connectivity index (χ0) is 13.7. The molecule has 0 amide bonds. The summed E-state index contributed by atoms with van der Waals surface area (Å²) in [7, 11) is 0. The molecule has 0 fully saturated rings. The molecule has 0 aromatic heterocycles. The van der Waals surface area contributed by atoms with Crippen LogP contribution >= 0.6 is 11.6 Å². The molecule has 0 unspecified atom stereocenters. The highest BCUT2D eigenvalue weighted by Gasteiger charge is 2.24. The smallest absolute Gasteiger partial charge is 0.258 e. The maximum atomic E-state index is 10.9. The molecule has 1 aromatic carbocycles. The van der Waals surface area contributed by atoms with Gasteiger partial charge in [0, 0.05) is 0 Å². The molecule has 6 heteroatoms. The number of hydrogen-bond acceptors (Lipinski definition) is 4. The number of nitriles is 2. The maximum Gasteiger partial charge on any atom is 0.305 e. The van der Waals surface area contributed by atoms with E-state index in [1.807, 2.05) is 13.0 Å². The van der Waals surface area contributed by atoms with Crippen molar-refractivity contribution < 1.29 is 4.92 Å². The van der Waals surface area contributed by atoms with Crippen LogP contribution in [-0.4, -0.2) is 4.92 Å². The Morgan fingerprint density at radius 3 is 2.61 bits per heavy atom. The quantitative estimate of drug-likeness (QED) is 0.616. The Morgan fingerprint density at radius 1 is 1.50 bits per heavy atom. The molecule has 0 N–H and O–H groups in total. The van der Waals surface area contributed by atoms with E-state index in [2.05, 4.69) is 0 Å². The zero-order valence-electron chi connectivity index (χ0n) is 9.73. The molecule has 1 rings (SSSR count). The molecule has 18 heavy (non-hydrogen) atoms. The topological polar surface area (TPSA) is 90.7 Å². The molecule has 0 bridgehead atoms. The predicted molar refractivity (Wildman–Crippen MR) is 66.1 cm³/mol. The van der Waals surface area contributed by atoms with Crippen LogP contribution in [0.15, 0.2) is 6.07 Å². The molecule has 0 spiro atoms. The number of hydrogen-bond donors (Lipinski definition) is 0. The number of nitro benzene ring substituents is 1. The minimum absolute atomic E-state index is 0.000710. The second-order valence-corrected chi connectivity index (χ2v) is 4.06. The van der Waals surface area contributed by atoms with Gasteiger partial charge in [-0.1, -0.05) is 24.9 Å². The highest BCUT2D eigenvalue weighted by Crippen LogP contribution is 2.34. The van der Waals surface area contributed by atoms with Gasteiger partial charge < -0.3 is 0 Å². The number of nitrogens with zero attached hydrogens (tertiary/aromatic N) is 3. The Bertz CT molecular complexity index is 570. The highest BCUT2D eigenvalue weighted by molar-refractivity contribution is 6.33. The lowest BCUT2D eigenvalue weighted by Gasteiger charge is -2.09. The van der Waals surface area contributed by atoms with Crippen molar-refractivity contribution in [1.29, 1.82) is 10.5 Å². The lowest BCUT2D eigenvalue weighted by atomic mass is 9.97. The fourth-order valence-corrected chi connectivity index (χ4v) is 2.12. The van der Waals surface area contributed by atoms with Crippen LogP contribution in [0.25, 0.3) is 0 Å². The van der Waals surface area contributed by atoms with Gasteiger partial charge in [0.2, 0.25) is 0 Å². The van der Waals surface area contributed by atoms with E-state index in [0.29, 0.717) is 12.0 Å². The Morgan fingerprint density at radius 2 is 2.17 bits per heavy atom. The molecule has 0 heterocycles. The standard InChI is InChI=1S/C12H10ClN3O2/c1-2-3-8-6-9(7-15)12(16(17)18)11(13)10(8)4-5-14/h6H,2-4H2,1H3. The second kappa shape index (κ2) is 6.00. The monoisotopic (exact) mass is 263 g/mol. The third-order valence-corrected chi connectivity index (χ3v) is 2.92. The number of aryl methyl sites for hydroxylation is 1. The molecule has 1 aromatic rings. The summed E-state index contributed by atoms with van der Waals surface area (Å²) in [6.07, 6.45) is 1.43. The van der Waals surface area contributed by atoms with Gasteiger partial charge in [-0.15, -0.1) is 0 Å². The van der Waals surface area contributed by atoms with Crippen molar-refractivity contribution in [3.63, 3.8) is 0 Å². The van der Waals surface area contributed by atoms with Crippen molar-refractivity contribution in [1.82, 2.24) is 0 Å². The van der Waals surface area contributed by atoms with Crippen LogP contribution < -0.4 is 0 Å². The largest absolute Gasteiger partial charge is 0.305 e. The van der Waals surface area contributed by atoms with E-state index < -0.39 is 10.6 Å². The van der Waals surface area contributed by atoms with Crippen LogP contribution in [0.3, 0.4) is 0 Å². The summed E-state index contributed by atoms with van der Waals surface area (Å²) in [4.78, 5) is 10.2. The molecule has 0 aliphatic carbocycles. The first-order valence-corrected chi connectivity index (χ1v) is 5.70. The van der Waals surface area contributed by atoms with Gasteiger partial charge >= 0.3 is 5.69 Å². The van der Waals surface area contributed by atoms with E-state index in [1.165, 1.54) is 6.07 Å². The van der Waals surface area contributed by atoms with E-state index in [9.17, 15) is 10.1 Å². The molecular formula is C12H10ClN3O2. The molecule has 0 saturated heterocycles. The van der Waals surface area contributed by atoms with Gasteiger partial charge in [-0.25, -0.2) is 0 Å². The van der Waals surface area contributed by atoms with Crippen molar-refractivity contribution in [2.45, 2.75) is 26.2 Å². The summed E-state index contributed by atoms with van der Waals surface area (Å²) in [5, 5.41) is 28.5. The first-order valence-electron chi connectivity index (χ1n) is 5.32. The van der Waals surface area contributed by atoms with Gasteiger partial charge in [-0.05, 0) is 23.6 Å². The van der Waals surface area contributed by atoms with E-state index in [4.69, 9.17) is 22.1 Å². The number of rotatable bonds is 4. The summed E-state index contributed by atoms with van der Waals surface area (Å²) in [5.41, 5.74) is 0.706. The van der Waals surface area contributed by atoms with Crippen molar-refractivity contribution in [3.8, 4) is 12.1 Å². The van der Waals surface area contributed by atoms with E-state index >= 15 is 0 Å². The Labute approximate surface area is 109 Å². The first-order chi connectivity index (χ1) is 8.56. The molecule has 0 aliphatic heterocycles. The van der Waals surface area contributed by atoms with Gasteiger partial charge in [0.05, 0.1) is 17.4 Å². The van der Waals surface area contributed by atoms with Gasteiger partial charge in [0.1, 0.15) is 16.7 Å². The Kier molecular flexibility index (Phi) is 4.65. The average Bonchev–Trinajstić information content (AvgIpc) is 2.32. The van der Waals surface area contributed by atoms with Crippen LogP contribution in [0, 0.1) is 32.8 Å². The third-order valence-electron chi connectivity index (χ3n) is 2.51. The van der Waals surface area contributed by atoms with E-state index in [1.54, 1.807) is 6.07 Å². The Hall–Kier alpha value is -2.11. The predicted octanol–water partition coefficient (Wildman–Crippen LogP) is 3.14. The highest BCUT2D eigenvalue weighted by atomic mass is 35.5. The summed E-state index contributed by atoms with van der Waals surface area (Å²) >= 11 is 5.96. The summed E-state index contributed by atoms with van der Waals surface area (Å²) in [5.74, 6) is 0. The van der Waals surface area contributed by atoms with E-state index in [0.717, 1.165) is 12.0 Å². The zero-order valence-corrected chi connectivity index (χ0v) is 10.5. The van der Waals surface area contributed by atoms with Crippen LogP contribution in [0.4, 0.5) is 5.69 Å². The fourth-order valence-electron chi connectivity index (χ4n) is 1.76. The van der Waals surface area contributed by atoms with Gasteiger partial charge in [0.25, 0.3) is 0 Å². The molecule has 0 radical (unpaired) electrons. The van der Waals surface area contributed by atoms with Crippen LogP contribution in [0.2, 0.25) is 5.02 Å². The second-order valence-electron chi connectivity index (χ2n) is 3.68. The molecule has 0 atom stereocenters. The normalized spacial score (nSPS) is 9.56. The Balaban J connectivity index is 3.59. The van der Waals surface area contributed by atoms with Crippen molar-refractivity contribution in [3.05, 3.63) is 37.9 Å². The third kappa shape index (κ3) is 2.58. The molecular weight excluding hydrogens is 254 g/mol. The molecule has 0 saturated carbocycles. The van der Waals surface area contributed by atoms with Crippen LogP contribution in [0.1, 0.15) is 30.0 Å². The lowest BCUT2D eigenvalue weighted by molar-refractivity contribution is -0.385. The van der Waals surface area contributed by atoms with Gasteiger partial charge in [-0.3, -0.25) is 10.1 Å². The lowest BCUT2D eigenvalue weighted by Crippen LogP contribution is -2.02. The minimum Gasteiger partial charge on any atom is -0.258 e. The first kappa shape index (κ1) is 14.0. The van der Waals surface area contributed by atoms with Crippen molar-refractivity contribution >= 4 is 17.3 Å². The number of benzene rings is 1. The van der Waals surface area contributed by atoms with Crippen molar-refractivity contribution in [2.75, 3.05) is 0 Å². The van der Waals surface area contributed by atoms with E-state index in [-0.39, 0.29) is 17.0 Å². The summed E-state index contributed by atoms with van der Waals surface area (Å²) in [6.45, 7) is 1.94. The van der Waals surface area contributed by atoms with Gasteiger partial charge in [0.15, 0.2) is 0 Å². The van der Waals surface area contributed by atoms with Crippen LogP contribution in [-0.2, 0) is 12.8 Å². The fraction of sp³-hybridized carbons (Fsp3) is 0.333. The summed E-state index contributed by atoms with van der Waals surface area (Å²) in [6, 6.07) is 5.17. The molecule has 92 valence electrons.